The summed E-state index contributed by atoms with van der Waals surface area (Å²) in [6.45, 7) is 8.90. The molecule has 2 aliphatic rings. The van der Waals surface area contributed by atoms with E-state index in [1.807, 2.05) is 0 Å². The van der Waals surface area contributed by atoms with E-state index >= 15 is 0 Å². The lowest BCUT2D eigenvalue weighted by Crippen LogP contribution is -2.38. The minimum atomic E-state index is 0.230. The molecule has 0 unspecified atom stereocenters. The van der Waals surface area contributed by atoms with Crippen LogP contribution in [0.5, 0.6) is 11.5 Å². The molecule has 0 N–H and O–H groups in total. The van der Waals surface area contributed by atoms with Crippen LogP contribution in [0.3, 0.4) is 0 Å². The predicted molar refractivity (Wildman–Crippen MR) is 101 cm³/mol. The first-order valence-corrected chi connectivity index (χ1v) is 9.65. The zero-order valence-electron chi connectivity index (χ0n) is 16.1. The topological polar surface area (TPSA) is 91.0 Å². The largest absolute Gasteiger partial charge is 0.491 e. The van der Waals surface area contributed by atoms with Gasteiger partial charge in [0.1, 0.15) is 48.0 Å². The summed E-state index contributed by atoms with van der Waals surface area (Å²) in [4.78, 5) is 4.51. The molecule has 2 aliphatic heterocycles. The van der Waals surface area contributed by atoms with Crippen LogP contribution in [0.25, 0.3) is 0 Å². The maximum atomic E-state index is 9.55. The number of nitriles is 2. The molecule has 3 rings (SSSR count). The standard InChI is InChI=1S/C20H26N4O4/c21-15-17-18(16-22)20(28-14-8-24-5-11-26-12-6-24)2-1-19(17)27-13-7-23-3-9-25-10-4-23/h1-2H,3-14H2. The Bertz CT molecular complexity index is 655. The summed E-state index contributed by atoms with van der Waals surface area (Å²) in [5.74, 6) is 0.848. The minimum Gasteiger partial charge on any atom is -0.491 e. The van der Waals surface area contributed by atoms with E-state index < -0.39 is 0 Å². The summed E-state index contributed by atoms with van der Waals surface area (Å²) in [5.41, 5.74) is 0.460. The monoisotopic (exact) mass is 386 g/mol. The van der Waals surface area contributed by atoms with Gasteiger partial charge in [-0.1, -0.05) is 0 Å². The second-order valence-electron chi connectivity index (χ2n) is 6.64. The van der Waals surface area contributed by atoms with E-state index in [9.17, 15) is 10.5 Å². The number of hydrogen-bond acceptors (Lipinski definition) is 8. The van der Waals surface area contributed by atoms with Crippen LogP contribution in [0.15, 0.2) is 12.1 Å². The Morgan fingerprint density at radius 1 is 0.750 bits per heavy atom. The molecule has 0 saturated carbocycles. The quantitative estimate of drug-likeness (QED) is 0.650. The number of benzene rings is 1. The Kier molecular flexibility index (Phi) is 7.89. The van der Waals surface area contributed by atoms with Gasteiger partial charge in [0.05, 0.1) is 26.4 Å². The normalized spacial score (nSPS) is 18.2. The lowest BCUT2D eigenvalue weighted by atomic mass is 10.1. The number of rotatable bonds is 8. The zero-order chi connectivity index (χ0) is 19.6. The highest BCUT2D eigenvalue weighted by atomic mass is 16.5. The van der Waals surface area contributed by atoms with Gasteiger partial charge in [-0.3, -0.25) is 9.80 Å². The molecule has 2 heterocycles. The maximum absolute atomic E-state index is 9.55. The van der Waals surface area contributed by atoms with Crippen molar-refractivity contribution in [3.8, 4) is 23.6 Å². The van der Waals surface area contributed by atoms with Gasteiger partial charge < -0.3 is 18.9 Å². The zero-order valence-corrected chi connectivity index (χ0v) is 16.1. The van der Waals surface area contributed by atoms with Crippen LogP contribution in [-0.2, 0) is 9.47 Å². The molecule has 28 heavy (non-hydrogen) atoms. The van der Waals surface area contributed by atoms with E-state index in [2.05, 4.69) is 21.9 Å². The Morgan fingerprint density at radius 2 is 1.14 bits per heavy atom. The number of morpholine rings is 2. The first-order chi connectivity index (χ1) is 13.8. The average molecular weight is 386 g/mol. The molecule has 0 atom stereocenters. The molecular weight excluding hydrogens is 360 g/mol. The van der Waals surface area contributed by atoms with Gasteiger partial charge in [-0.2, -0.15) is 10.5 Å². The van der Waals surface area contributed by atoms with E-state index in [0.717, 1.165) is 65.7 Å². The molecule has 0 bridgehead atoms. The third kappa shape index (κ3) is 5.57. The van der Waals surface area contributed by atoms with E-state index in [-0.39, 0.29) is 11.1 Å². The van der Waals surface area contributed by atoms with E-state index in [0.29, 0.717) is 24.7 Å². The predicted octanol–water partition coefficient (Wildman–Crippen LogP) is 0.852. The van der Waals surface area contributed by atoms with Crippen molar-refractivity contribution in [2.75, 3.05) is 78.9 Å². The van der Waals surface area contributed by atoms with Crippen LogP contribution in [-0.4, -0.2) is 88.7 Å². The summed E-state index contributed by atoms with van der Waals surface area (Å²) < 4.78 is 22.2. The van der Waals surface area contributed by atoms with Crippen molar-refractivity contribution in [3.05, 3.63) is 23.3 Å². The molecule has 0 radical (unpaired) electrons. The first-order valence-electron chi connectivity index (χ1n) is 9.65. The SMILES string of the molecule is N#Cc1c(OCCN2CCOCC2)ccc(OCCN2CCOCC2)c1C#N. The third-order valence-corrected chi connectivity index (χ3v) is 4.89. The van der Waals surface area contributed by atoms with Crippen molar-refractivity contribution < 1.29 is 18.9 Å². The van der Waals surface area contributed by atoms with Crippen LogP contribution in [0.2, 0.25) is 0 Å². The summed E-state index contributed by atoms with van der Waals surface area (Å²) in [7, 11) is 0. The smallest absolute Gasteiger partial charge is 0.138 e. The van der Waals surface area contributed by atoms with E-state index in [4.69, 9.17) is 18.9 Å². The molecule has 1 aromatic rings. The molecule has 1 aromatic carbocycles. The lowest BCUT2D eigenvalue weighted by molar-refractivity contribution is 0.0319. The molecule has 0 aromatic heterocycles. The fourth-order valence-corrected chi connectivity index (χ4v) is 3.25. The molecule has 8 heteroatoms. The number of nitrogens with zero attached hydrogens (tertiary/aromatic N) is 4. The van der Waals surface area contributed by atoms with Crippen molar-refractivity contribution >= 4 is 0 Å². The second-order valence-corrected chi connectivity index (χ2v) is 6.64. The summed E-state index contributed by atoms with van der Waals surface area (Å²) in [5, 5.41) is 19.1. The Balaban J connectivity index is 1.56. The molecule has 2 saturated heterocycles. The van der Waals surface area contributed by atoms with Crippen molar-refractivity contribution in [3.63, 3.8) is 0 Å². The average Bonchev–Trinajstić information content (AvgIpc) is 2.75. The molecule has 150 valence electrons. The molecule has 2 fully saturated rings. The second kappa shape index (κ2) is 10.8. The summed E-state index contributed by atoms with van der Waals surface area (Å²) in [6, 6.07) is 7.61. The van der Waals surface area contributed by atoms with Gasteiger partial charge in [0.15, 0.2) is 0 Å². The van der Waals surface area contributed by atoms with Gasteiger partial charge in [0.2, 0.25) is 0 Å². The highest BCUT2D eigenvalue weighted by Gasteiger charge is 2.17. The Labute approximate surface area is 165 Å². The van der Waals surface area contributed by atoms with Gasteiger partial charge in [-0.05, 0) is 12.1 Å². The molecule has 0 spiro atoms. The lowest BCUT2D eigenvalue weighted by Gasteiger charge is -2.26. The van der Waals surface area contributed by atoms with Crippen LogP contribution in [0.4, 0.5) is 0 Å². The van der Waals surface area contributed by atoms with E-state index in [1.54, 1.807) is 12.1 Å². The summed E-state index contributed by atoms with van der Waals surface area (Å²) >= 11 is 0. The highest BCUT2D eigenvalue weighted by Crippen LogP contribution is 2.29. The Hall–Kier alpha value is -2.36. The highest BCUT2D eigenvalue weighted by molar-refractivity contribution is 5.60. The van der Waals surface area contributed by atoms with Crippen molar-refractivity contribution in [1.82, 2.24) is 9.80 Å². The molecule has 8 nitrogen and oxygen atoms in total. The van der Waals surface area contributed by atoms with Gasteiger partial charge in [-0.25, -0.2) is 0 Å². The van der Waals surface area contributed by atoms with Crippen LogP contribution >= 0.6 is 0 Å². The van der Waals surface area contributed by atoms with Gasteiger partial charge in [0.25, 0.3) is 0 Å². The Morgan fingerprint density at radius 3 is 1.50 bits per heavy atom. The maximum Gasteiger partial charge on any atom is 0.138 e. The number of hydrogen-bond donors (Lipinski definition) is 0. The van der Waals surface area contributed by atoms with E-state index in [1.165, 1.54) is 0 Å². The molecule has 0 amide bonds. The molecule has 0 aliphatic carbocycles. The summed E-state index contributed by atoms with van der Waals surface area (Å²) in [6.07, 6.45) is 0. The molecular formula is C20H26N4O4. The van der Waals surface area contributed by atoms with Crippen molar-refractivity contribution in [1.29, 1.82) is 10.5 Å². The van der Waals surface area contributed by atoms with Crippen molar-refractivity contribution in [2.45, 2.75) is 0 Å². The first kappa shape index (κ1) is 20.4. The van der Waals surface area contributed by atoms with Gasteiger partial charge in [0, 0.05) is 39.3 Å². The van der Waals surface area contributed by atoms with Crippen molar-refractivity contribution in [2.24, 2.45) is 0 Å². The third-order valence-electron chi connectivity index (χ3n) is 4.89. The van der Waals surface area contributed by atoms with Crippen LogP contribution < -0.4 is 9.47 Å². The number of ether oxygens (including phenoxy) is 4. The van der Waals surface area contributed by atoms with Gasteiger partial charge >= 0.3 is 0 Å². The van der Waals surface area contributed by atoms with Crippen LogP contribution in [0.1, 0.15) is 11.1 Å². The van der Waals surface area contributed by atoms with Gasteiger partial charge in [-0.15, -0.1) is 0 Å². The minimum absolute atomic E-state index is 0.230. The van der Waals surface area contributed by atoms with Crippen LogP contribution in [0, 0.1) is 22.7 Å². The fraction of sp³-hybridized carbons (Fsp3) is 0.600. The fourth-order valence-electron chi connectivity index (χ4n) is 3.25.